The van der Waals surface area contributed by atoms with Crippen LogP contribution in [0.3, 0.4) is 0 Å². The van der Waals surface area contributed by atoms with Crippen molar-refractivity contribution in [2.75, 3.05) is 19.0 Å². The normalized spacial score (nSPS) is 12.4. The van der Waals surface area contributed by atoms with E-state index in [1.165, 1.54) is 0 Å². The highest BCUT2D eigenvalue weighted by molar-refractivity contribution is 5.88. The fourth-order valence-corrected chi connectivity index (χ4v) is 2.18. The second-order valence-electron chi connectivity index (χ2n) is 4.72. The summed E-state index contributed by atoms with van der Waals surface area (Å²) >= 11 is 0. The molecule has 0 spiro atoms. The third-order valence-electron chi connectivity index (χ3n) is 3.16. The van der Waals surface area contributed by atoms with Crippen molar-refractivity contribution in [1.29, 1.82) is 0 Å². The first-order chi connectivity index (χ1) is 9.24. The van der Waals surface area contributed by atoms with E-state index in [0.717, 1.165) is 41.7 Å². The fourth-order valence-electron chi connectivity index (χ4n) is 2.18. The Bertz CT molecular complexity index is 542. The van der Waals surface area contributed by atoms with E-state index >= 15 is 0 Å². The van der Waals surface area contributed by atoms with Gasteiger partial charge in [-0.05, 0) is 44.5 Å². The Kier molecular flexibility index (Phi) is 4.58. The molecule has 0 bridgehead atoms. The predicted molar refractivity (Wildman–Crippen MR) is 79.7 cm³/mol. The Hall–Kier alpha value is -1.81. The maximum absolute atomic E-state index is 5.53. The molecule has 1 atom stereocenters. The molecule has 3 N–H and O–H groups in total. The van der Waals surface area contributed by atoms with Gasteiger partial charge in [-0.25, -0.2) is 0 Å². The minimum atomic E-state index is 0.384. The lowest BCUT2D eigenvalue weighted by Gasteiger charge is -2.16. The van der Waals surface area contributed by atoms with E-state index in [2.05, 4.69) is 23.3 Å². The van der Waals surface area contributed by atoms with E-state index in [9.17, 15) is 0 Å². The Morgan fingerprint density at radius 2 is 2.26 bits per heavy atom. The van der Waals surface area contributed by atoms with Gasteiger partial charge in [-0.3, -0.25) is 4.98 Å². The number of nitrogens with one attached hydrogen (secondary N) is 1. The first-order valence-electron chi connectivity index (χ1n) is 6.64. The van der Waals surface area contributed by atoms with Crippen molar-refractivity contribution in [3.63, 3.8) is 0 Å². The van der Waals surface area contributed by atoms with Gasteiger partial charge in [-0.15, -0.1) is 0 Å². The highest BCUT2D eigenvalue weighted by atomic mass is 16.5. The van der Waals surface area contributed by atoms with Crippen LogP contribution in [0.15, 0.2) is 30.5 Å². The van der Waals surface area contributed by atoms with E-state index in [1.807, 2.05) is 18.2 Å². The number of benzene rings is 1. The summed E-state index contributed by atoms with van der Waals surface area (Å²) in [7, 11) is 1.68. The molecule has 19 heavy (non-hydrogen) atoms. The number of nitrogens with two attached hydrogens (primary N) is 1. The fraction of sp³-hybridized carbons (Fsp3) is 0.400. The monoisotopic (exact) mass is 259 g/mol. The second kappa shape index (κ2) is 6.38. The molecule has 0 unspecified atom stereocenters. The number of hydrogen-bond acceptors (Lipinski definition) is 4. The van der Waals surface area contributed by atoms with Crippen LogP contribution < -0.4 is 15.8 Å². The zero-order valence-electron chi connectivity index (χ0n) is 11.5. The Balaban J connectivity index is 2.24. The molecule has 0 aliphatic carbocycles. The maximum atomic E-state index is 5.53. The average molecular weight is 259 g/mol. The van der Waals surface area contributed by atoms with Gasteiger partial charge < -0.3 is 15.8 Å². The summed E-state index contributed by atoms with van der Waals surface area (Å²) in [5, 5.41) is 4.50. The first kappa shape index (κ1) is 13.6. The molecule has 1 heterocycles. The van der Waals surface area contributed by atoms with E-state index in [-0.39, 0.29) is 0 Å². The van der Waals surface area contributed by atoms with Crippen molar-refractivity contribution in [1.82, 2.24) is 4.98 Å². The number of hydrogen-bond donors (Lipinski definition) is 2. The third kappa shape index (κ3) is 3.35. The summed E-state index contributed by atoms with van der Waals surface area (Å²) in [6.45, 7) is 2.89. The average Bonchev–Trinajstić information content (AvgIpc) is 2.44. The largest absolute Gasteiger partial charge is 0.496 e. The van der Waals surface area contributed by atoms with Crippen LogP contribution in [0, 0.1) is 0 Å². The molecule has 2 rings (SSSR count). The lowest BCUT2D eigenvalue weighted by molar-refractivity contribution is 0.420. The standard InChI is InChI=1S/C15H21N3O/c1-11(5-3-7-16)18-12-9-14-13(6-4-8-17-14)15(10-12)19-2/h4,6,8-11,18H,3,5,7,16H2,1-2H3/t11-/m0/s1. The van der Waals surface area contributed by atoms with E-state index < -0.39 is 0 Å². The SMILES string of the molecule is COc1cc(N[C@@H](C)CCCN)cc2ncccc12. The van der Waals surface area contributed by atoms with Crippen molar-refractivity contribution in [2.45, 2.75) is 25.8 Å². The second-order valence-corrected chi connectivity index (χ2v) is 4.72. The van der Waals surface area contributed by atoms with Crippen molar-refractivity contribution in [2.24, 2.45) is 5.73 Å². The van der Waals surface area contributed by atoms with Crippen molar-refractivity contribution in [3.8, 4) is 5.75 Å². The van der Waals surface area contributed by atoms with Gasteiger partial charge in [-0.1, -0.05) is 0 Å². The molecular weight excluding hydrogens is 238 g/mol. The molecule has 0 aliphatic rings. The number of anilines is 1. The van der Waals surface area contributed by atoms with Gasteiger partial charge in [0.15, 0.2) is 0 Å². The lowest BCUT2D eigenvalue weighted by Crippen LogP contribution is -2.16. The van der Waals surface area contributed by atoms with E-state index in [0.29, 0.717) is 6.04 Å². The van der Waals surface area contributed by atoms with Gasteiger partial charge >= 0.3 is 0 Å². The molecule has 2 aromatic rings. The lowest BCUT2D eigenvalue weighted by atomic mass is 10.1. The smallest absolute Gasteiger partial charge is 0.130 e. The van der Waals surface area contributed by atoms with Crippen LogP contribution in [-0.2, 0) is 0 Å². The van der Waals surface area contributed by atoms with Gasteiger partial charge in [0.1, 0.15) is 5.75 Å². The maximum Gasteiger partial charge on any atom is 0.130 e. The molecule has 1 aromatic carbocycles. The van der Waals surface area contributed by atoms with E-state index in [4.69, 9.17) is 10.5 Å². The van der Waals surface area contributed by atoms with Crippen LogP contribution in [0.1, 0.15) is 19.8 Å². The van der Waals surface area contributed by atoms with Crippen LogP contribution in [0.5, 0.6) is 5.75 Å². The third-order valence-corrected chi connectivity index (χ3v) is 3.16. The number of nitrogens with zero attached hydrogens (tertiary/aromatic N) is 1. The van der Waals surface area contributed by atoms with Gasteiger partial charge in [0.2, 0.25) is 0 Å². The van der Waals surface area contributed by atoms with E-state index in [1.54, 1.807) is 13.3 Å². The van der Waals surface area contributed by atoms with Gasteiger partial charge in [0.05, 0.1) is 12.6 Å². The number of methoxy groups -OCH3 is 1. The summed E-state index contributed by atoms with van der Waals surface area (Å²) in [4.78, 5) is 4.38. The molecule has 4 heteroatoms. The topological polar surface area (TPSA) is 60.2 Å². The number of pyridine rings is 1. The minimum Gasteiger partial charge on any atom is -0.496 e. The van der Waals surface area contributed by atoms with Crippen LogP contribution >= 0.6 is 0 Å². The van der Waals surface area contributed by atoms with Crippen LogP contribution in [-0.4, -0.2) is 24.7 Å². The molecule has 0 saturated carbocycles. The molecule has 102 valence electrons. The molecule has 4 nitrogen and oxygen atoms in total. The molecular formula is C15H21N3O. The van der Waals surface area contributed by atoms with Gasteiger partial charge in [0.25, 0.3) is 0 Å². The zero-order valence-corrected chi connectivity index (χ0v) is 11.5. The summed E-state index contributed by atoms with van der Waals surface area (Å²) in [6, 6.07) is 8.39. The first-order valence-corrected chi connectivity index (χ1v) is 6.64. The number of fused-ring (bicyclic) bond motifs is 1. The van der Waals surface area contributed by atoms with Crippen LogP contribution in [0.2, 0.25) is 0 Å². The minimum absolute atomic E-state index is 0.384. The number of rotatable bonds is 6. The predicted octanol–water partition coefficient (Wildman–Crippen LogP) is 2.78. The van der Waals surface area contributed by atoms with Crippen LogP contribution in [0.4, 0.5) is 5.69 Å². The van der Waals surface area contributed by atoms with Crippen molar-refractivity contribution in [3.05, 3.63) is 30.5 Å². The number of ether oxygens (including phenoxy) is 1. The van der Waals surface area contributed by atoms with Gasteiger partial charge in [-0.2, -0.15) is 0 Å². The number of aromatic nitrogens is 1. The molecule has 0 saturated heterocycles. The Morgan fingerprint density at radius 1 is 1.42 bits per heavy atom. The molecule has 0 radical (unpaired) electrons. The summed E-state index contributed by atoms with van der Waals surface area (Å²) in [5.74, 6) is 0.846. The summed E-state index contributed by atoms with van der Waals surface area (Å²) < 4.78 is 5.43. The van der Waals surface area contributed by atoms with Crippen LogP contribution in [0.25, 0.3) is 10.9 Å². The quantitative estimate of drug-likeness (QED) is 0.837. The molecule has 1 aromatic heterocycles. The highest BCUT2D eigenvalue weighted by Crippen LogP contribution is 2.28. The highest BCUT2D eigenvalue weighted by Gasteiger charge is 2.07. The Morgan fingerprint density at radius 3 is 3.00 bits per heavy atom. The molecule has 0 amide bonds. The summed E-state index contributed by atoms with van der Waals surface area (Å²) in [6.07, 6.45) is 3.87. The summed E-state index contributed by atoms with van der Waals surface area (Å²) in [5.41, 5.74) is 7.51. The van der Waals surface area contributed by atoms with Crippen molar-refractivity contribution >= 4 is 16.6 Å². The Labute approximate surface area is 114 Å². The van der Waals surface area contributed by atoms with Crippen molar-refractivity contribution < 1.29 is 4.74 Å². The zero-order chi connectivity index (χ0) is 13.7. The van der Waals surface area contributed by atoms with Gasteiger partial charge in [0, 0.05) is 29.4 Å². The molecule has 0 aliphatic heterocycles. The molecule has 0 fully saturated rings.